The lowest BCUT2D eigenvalue weighted by Crippen LogP contribution is -2.61. The van der Waals surface area contributed by atoms with Gasteiger partial charge in [0.1, 0.15) is 0 Å². The number of rotatable bonds is 0. The second-order valence-corrected chi connectivity index (χ2v) is 4.95. The van der Waals surface area contributed by atoms with E-state index in [4.69, 9.17) is 0 Å². The van der Waals surface area contributed by atoms with E-state index >= 15 is 0 Å². The van der Waals surface area contributed by atoms with Gasteiger partial charge in [0.15, 0.2) is 0 Å². The second-order valence-electron chi connectivity index (χ2n) is 4.95. The van der Waals surface area contributed by atoms with E-state index in [1.807, 2.05) is 0 Å². The highest BCUT2D eigenvalue weighted by Gasteiger charge is 2.52. The largest absolute Gasteiger partial charge is 0.239 e. The van der Waals surface area contributed by atoms with Gasteiger partial charge in [-0.2, -0.15) is 10.7 Å². The third kappa shape index (κ3) is 0.827. The zero-order valence-electron chi connectivity index (χ0n) is 8.11. The smallest absolute Gasteiger partial charge is 0.0620 e. The molecule has 76 valence electrons. The Balaban J connectivity index is 1.75. The predicted molar refractivity (Wildman–Crippen MR) is 52.5 cm³/mol. The van der Waals surface area contributed by atoms with Crippen LogP contribution in [-0.4, -0.2) is 23.7 Å². The molecule has 0 amide bonds. The van der Waals surface area contributed by atoms with Gasteiger partial charge >= 0.3 is 0 Å². The Hall–Kier alpha value is -0.420. The van der Waals surface area contributed by atoms with E-state index in [1.54, 1.807) is 0 Å². The fraction of sp³-hybridized carbons (Fsp3) is 0.800. The third-order valence-corrected chi connectivity index (χ3v) is 4.38. The molecule has 0 aromatic rings. The highest BCUT2D eigenvalue weighted by molar-refractivity contribution is 5.16. The molecule has 4 aliphatic rings. The summed E-state index contributed by atoms with van der Waals surface area (Å²) >= 11 is 0. The Labute approximate surface area is 83.6 Å². The maximum absolute atomic E-state index is 3.45. The summed E-state index contributed by atoms with van der Waals surface area (Å²) in [4.78, 5) is 0. The van der Waals surface area contributed by atoms with E-state index in [2.05, 4.69) is 33.7 Å². The molecular formula is C10H16N4. The van der Waals surface area contributed by atoms with Gasteiger partial charge in [-0.25, -0.2) is 10.9 Å². The average molecular weight is 192 g/mol. The van der Waals surface area contributed by atoms with Crippen LogP contribution in [0.4, 0.5) is 0 Å². The van der Waals surface area contributed by atoms with Crippen LogP contribution >= 0.6 is 0 Å². The molecule has 0 bridgehead atoms. The Kier molecular flexibility index (Phi) is 1.44. The van der Waals surface area contributed by atoms with Crippen LogP contribution in [0.15, 0.2) is 12.2 Å². The molecule has 3 fully saturated rings. The fourth-order valence-electron chi connectivity index (χ4n) is 3.76. The van der Waals surface area contributed by atoms with E-state index in [-0.39, 0.29) is 0 Å². The molecule has 1 saturated carbocycles. The maximum atomic E-state index is 3.45. The average Bonchev–Trinajstić information content (AvgIpc) is 2.77. The number of allylic oxidation sites excluding steroid dienone is 1. The minimum atomic E-state index is 0.645. The molecule has 0 aromatic carbocycles. The molecule has 0 radical (unpaired) electrons. The van der Waals surface area contributed by atoms with Gasteiger partial charge in [-0.3, -0.25) is 0 Å². The van der Waals surface area contributed by atoms with Crippen LogP contribution in [0.25, 0.3) is 0 Å². The first-order valence-electron chi connectivity index (χ1n) is 5.66. The SMILES string of the molecule is C1=CC2CNN3NNC4CCC1C2C43. The molecule has 4 rings (SSSR count). The highest BCUT2D eigenvalue weighted by Crippen LogP contribution is 2.45. The number of hydrogen-bond donors (Lipinski definition) is 3. The van der Waals surface area contributed by atoms with Crippen LogP contribution in [0.1, 0.15) is 12.8 Å². The van der Waals surface area contributed by atoms with Crippen molar-refractivity contribution in [2.45, 2.75) is 24.9 Å². The summed E-state index contributed by atoms with van der Waals surface area (Å²) in [6, 6.07) is 1.30. The van der Waals surface area contributed by atoms with Crippen LogP contribution in [0, 0.1) is 17.8 Å². The van der Waals surface area contributed by atoms with Crippen molar-refractivity contribution in [3.05, 3.63) is 12.2 Å². The van der Waals surface area contributed by atoms with E-state index in [9.17, 15) is 0 Å². The fourth-order valence-corrected chi connectivity index (χ4v) is 3.76. The van der Waals surface area contributed by atoms with Crippen LogP contribution in [-0.2, 0) is 0 Å². The van der Waals surface area contributed by atoms with Crippen LogP contribution in [0.2, 0.25) is 0 Å². The summed E-state index contributed by atoms with van der Waals surface area (Å²) in [6.45, 7) is 1.09. The normalized spacial score (nSPS) is 55.0. The van der Waals surface area contributed by atoms with Crippen molar-refractivity contribution in [3.63, 3.8) is 0 Å². The Bertz CT molecular complexity index is 264. The molecule has 0 aromatic heterocycles. The standard InChI is InChI=1S/C10H16N4/c1-2-7-5-11-14-10-8(12-13-14)4-3-6(1)9(7)10/h1-2,6-13H,3-5H2. The molecule has 4 nitrogen and oxygen atoms in total. The second kappa shape index (κ2) is 2.58. The topological polar surface area (TPSA) is 39.3 Å². The van der Waals surface area contributed by atoms with E-state index < -0.39 is 0 Å². The maximum Gasteiger partial charge on any atom is 0.0620 e. The molecule has 0 spiro atoms. The van der Waals surface area contributed by atoms with Gasteiger partial charge in [0.2, 0.25) is 0 Å². The van der Waals surface area contributed by atoms with Crippen molar-refractivity contribution in [2.75, 3.05) is 6.54 Å². The lowest BCUT2D eigenvalue weighted by Gasteiger charge is -2.45. The molecule has 2 aliphatic heterocycles. The zero-order chi connectivity index (χ0) is 9.12. The predicted octanol–water partition coefficient (Wildman–Crippen LogP) is -0.221. The van der Waals surface area contributed by atoms with Gasteiger partial charge in [-0.1, -0.05) is 12.2 Å². The molecule has 2 aliphatic carbocycles. The summed E-state index contributed by atoms with van der Waals surface area (Å²) in [6.07, 6.45) is 7.55. The molecular weight excluding hydrogens is 176 g/mol. The molecule has 5 unspecified atom stereocenters. The monoisotopic (exact) mass is 192 g/mol. The van der Waals surface area contributed by atoms with Gasteiger partial charge < -0.3 is 0 Å². The van der Waals surface area contributed by atoms with Crippen LogP contribution in [0.3, 0.4) is 0 Å². The Morgan fingerprint density at radius 3 is 3.07 bits per heavy atom. The van der Waals surface area contributed by atoms with E-state index in [0.29, 0.717) is 12.1 Å². The number of nitrogens with zero attached hydrogens (tertiary/aromatic N) is 1. The first-order valence-corrected chi connectivity index (χ1v) is 5.66. The first-order chi connectivity index (χ1) is 6.93. The van der Waals surface area contributed by atoms with Crippen molar-refractivity contribution in [3.8, 4) is 0 Å². The minimum absolute atomic E-state index is 0.645. The lowest BCUT2D eigenvalue weighted by atomic mass is 9.71. The van der Waals surface area contributed by atoms with Crippen molar-refractivity contribution < 1.29 is 0 Å². The van der Waals surface area contributed by atoms with Crippen molar-refractivity contribution in [1.29, 1.82) is 0 Å². The third-order valence-electron chi connectivity index (χ3n) is 4.38. The summed E-state index contributed by atoms with van der Waals surface area (Å²) in [7, 11) is 0. The van der Waals surface area contributed by atoms with Crippen LogP contribution < -0.4 is 16.4 Å². The Morgan fingerprint density at radius 1 is 1.14 bits per heavy atom. The van der Waals surface area contributed by atoms with Gasteiger partial charge in [0, 0.05) is 12.6 Å². The molecule has 14 heavy (non-hydrogen) atoms. The quantitative estimate of drug-likeness (QED) is 0.464. The van der Waals surface area contributed by atoms with E-state index in [1.165, 1.54) is 12.8 Å². The van der Waals surface area contributed by atoms with Gasteiger partial charge in [0.25, 0.3) is 0 Å². The molecule has 3 N–H and O–H groups in total. The van der Waals surface area contributed by atoms with Gasteiger partial charge in [0.05, 0.1) is 6.04 Å². The minimum Gasteiger partial charge on any atom is -0.239 e. The van der Waals surface area contributed by atoms with Crippen molar-refractivity contribution in [1.82, 2.24) is 21.5 Å². The van der Waals surface area contributed by atoms with Crippen molar-refractivity contribution in [2.24, 2.45) is 17.8 Å². The summed E-state index contributed by atoms with van der Waals surface area (Å²) in [5, 5.41) is 2.20. The van der Waals surface area contributed by atoms with E-state index in [0.717, 1.165) is 24.3 Å². The number of nitrogens with one attached hydrogen (secondary N) is 3. The van der Waals surface area contributed by atoms with Gasteiger partial charge in [-0.15, -0.1) is 0 Å². The Morgan fingerprint density at radius 2 is 2.07 bits per heavy atom. The summed E-state index contributed by atoms with van der Waals surface area (Å²) in [5.74, 6) is 2.45. The molecule has 2 heterocycles. The molecule has 5 atom stereocenters. The van der Waals surface area contributed by atoms with Crippen LogP contribution in [0.5, 0.6) is 0 Å². The van der Waals surface area contributed by atoms with Gasteiger partial charge in [-0.05, 0) is 30.6 Å². The van der Waals surface area contributed by atoms with Crippen molar-refractivity contribution >= 4 is 0 Å². The molecule has 2 saturated heterocycles. The first kappa shape index (κ1) is 7.82. The number of hydrogen-bond acceptors (Lipinski definition) is 4. The number of hydrazine groups is 3. The molecule has 4 heteroatoms. The summed E-state index contributed by atoms with van der Waals surface area (Å²) < 4.78 is 0. The lowest BCUT2D eigenvalue weighted by molar-refractivity contribution is -0.0141. The summed E-state index contributed by atoms with van der Waals surface area (Å²) in [5.41, 5.74) is 10.1. The zero-order valence-corrected chi connectivity index (χ0v) is 8.11. The highest BCUT2D eigenvalue weighted by atomic mass is 15.9.